The first kappa shape index (κ1) is 35.0. The fourth-order valence-electron chi connectivity index (χ4n) is 5.43. The lowest BCUT2D eigenvalue weighted by Crippen LogP contribution is -2.58. The van der Waals surface area contributed by atoms with E-state index < -0.39 is 54.7 Å². The van der Waals surface area contributed by atoms with Crippen LogP contribution >= 0.6 is 19.4 Å². The second-order valence-electron chi connectivity index (χ2n) is 11.2. The Kier molecular flexibility index (Phi) is 12.2. The number of ether oxygens (including phenoxy) is 1. The van der Waals surface area contributed by atoms with E-state index >= 15 is 0 Å². The Labute approximate surface area is 271 Å². The monoisotopic (exact) mass is 670 g/mol. The summed E-state index contributed by atoms with van der Waals surface area (Å²) >= 11 is 0.845. The smallest absolute Gasteiger partial charge is 0.335 e. The maximum absolute atomic E-state index is 13.9. The van der Waals surface area contributed by atoms with Gasteiger partial charge in [0.25, 0.3) is 0 Å². The number of nitrogens with zero attached hydrogens (tertiary/aromatic N) is 1. The molecule has 6 N–H and O–H groups in total. The fraction of sp³-hybridized carbons (Fsp3) is 0.375. The highest BCUT2D eigenvalue weighted by Gasteiger charge is 2.36. The van der Waals surface area contributed by atoms with Crippen LogP contribution in [0.15, 0.2) is 66.7 Å². The number of primary amides is 1. The molecule has 46 heavy (non-hydrogen) atoms. The van der Waals surface area contributed by atoms with E-state index in [1.54, 1.807) is 30.3 Å². The lowest BCUT2D eigenvalue weighted by molar-refractivity contribution is -0.144. The first-order chi connectivity index (χ1) is 21.9. The van der Waals surface area contributed by atoms with Crippen molar-refractivity contribution in [2.75, 3.05) is 31.4 Å². The molecular weight excluding hydrogens is 631 g/mol. The van der Waals surface area contributed by atoms with Crippen molar-refractivity contribution in [1.29, 1.82) is 0 Å². The van der Waals surface area contributed by atoms with Crippen molar-refractivity contribution in [2.45, 2.75) is 43.7 Å². The van der Waals surface area contributed by atoms with E-state index in [-0.39, 0.29) is 25.3 Å². The topological polar surface area (TPSA) is 188 Å². The van der Waals surface area contributed by atoms with Crippen molar-refractivity contribution in [3.05, 3.63) is 77.9 Å². The molecule has 0 saturated carbocycles. The van der Waals surface area contributed by atoms with Crippen molar-refractivity contribution >= 4 is 53.8 Å². The number of piperidine rings is 1. The van der Waals surface area contributed by atoms with E-state index in [1.807, 2.05) is 36.4 Å². The van der Waals surface area contributed by atoms with Gasteiger partial charge in [-0.05, 0) is 53.3 Å². The zero-order valence-corrected chi connectivity index (χ0v) is 27.2. The van der Waals surface area contributed by atoms with E-state index in [0.717, 1.165) is 22.5 Å². The number of hydrogen-bond donors (Lipinski definition) is 5. The number of nitrogens with one attached hydrogen (secondary N) is 2. The summed E-state index contributed by atoms with van der Waals surface area (Å²) < 4.78 is 16.6. The zero-order valence-electron chi connectivity index (χ0n) is 25.5. The van der Waals surface area contributed by atoms with Gasteiger partial charge in [-0.3, -0.25) is 23.7 Å². The first-order valence-corrected chi connectivity index (χ1v) is 17.8. The highest BCUT2D eigenvalue weighted by Crippen LogP contribution is 2.38. The molecule has 3 aromatic rings. The summed E-state index contributed by atoms with van der Waals surface area (Å²) in [5, 5.41) is 7.45. The van der Waals surface area contributed by atoms with Crippen LogP contribution in [0.5, 0.6) is 5.75 Å². The predicted octanol–water partition coefficient (Wildman–Crippen LogP) is 2.51. The number of carbonyl (C=O) groups excluding carboxylic acids is 4. The molecule has 1 heterocycles. The Bertz CT molecular complexity index is 1600. The molecule has 0 aliphatic carbocycles. The third-order valence-electron chi connectivity index (χ3n) is 7.79. The molecule has 12 nitrogen and oxygen atoms in total. The van der Waals surface area contributed by atoms with Crippen molar-refractivity contribution in [1.82, 2.24) is 15.5 Å². The zero-order chi connectivity index (χ0) is 33.3. The highest BCUT2D eigenvalue weighted by molar-refractivity contribution is 8.04. The molecule has 4 amide bonds. The number of likely N-dealkylation sites (tertiary alicyclic amines) is 1. The van der Waals surface area contributed by atoms with Crippen molar-refractivity contribution in [2.24, 2.45) is 5.73 Å². The highest BCUT2D eigenvalue weighted by atomic mass is 32.2. The molecule has 3 unspecified atom stereocenters. The molecule has 0 spiro atoms. The van der Waals surface area contributed by atoms with Crippen LogP contribution in [0.4, 0.5) is 0 Å². The van der Waals surface area contributed by atoms with Gasteiger partial charge in [0, 0.05) is 18.8 Å². The normalized spacial score (nSPS) is 16.3. The number of rotatable bonds is 14. The minimum absolute atomic E-state index is 0.0376. The summed E-state index contributed by atoms with van der Waals surface area (Å²) in [6.45, 7) is 0.194. The van der Waals surface area contributed by atoms with Crippen molar-refractivity contribution < 1.29 is 38.3 Å². The maximum Gasteiger partial charge on any atom is 0.335 e. The number of methoxy groups -OCH3 is 1. The van der Waals surface area contributed by atoms with Gasteiger partial charge in [-0.15, -0.1) is 11.8 Å². The predicted molar refractivity (Wildman–Crippen MR) is 176 cm³/mol. The molecule has 0 radical (unpaired) electrons. The Morgan fingerprint density at radius 3 is 2.43 bits per heavy atom. The Balaban J connectivity index is 1.46. The average Bonchev–Trinajstić information content (AvgIpc) is 3.03. The fourth-order valence-corrected chi connectivity index (χ4v) is 7.27. The largest absolute Gasteiger partial charge is 0.497 e. The van der Waals surface area contributed by atoms with Crippen LogP contribution in [0.3, 0.4) is 0 Å². The molecule has 3 atom stereocenters. The maximum atomic E-state index is 13.9. The molecule has 4 rings (SSSR count). The number of hydrogen-bond acceptors (Lipinski definition) is 7. The molecule has 3 aromatic carbocycles. The van der Waals surface area contributed by atoms with E-state index in [2.05, 4.69) is 10.6 Å². The van der Waals surface area contributed by atoms with E-state index in [4.69, 9.17) is 10.5 Å². The van der Waals surface area contributed by atoms with Crippen LogP contribution in [0, 0.1) is 0 Å². The van der Waals surface area contributed by atoms with Gasteiger partial charge in [-0.1, -0.05) is 54.6 Å². The summed E-state index contributed by atoms with van der Waals surface area (Å²) in [4.78, 5) is 72.9. The summed E-state index contributed by atoms with van der Waals surface area (Å²) in [5.41, 5.74) is 6.53. The van der Waals surface area contributed by atoms with E-state index in [9.17, 15) is 33.5 Å². The lowest BCUT2D eigenvalue weighted by Gasteiger charge is -2.37. The average molecular weight is 671 g/mol. The third-order valence-corrected chi connectivity index (χ3v) is 10.4. The molecule has 1 aliphatic heterocycles. The standard InChI is InChI=1S/C32H39N4O8PS/c1-44-25-13-9-21(10-14-25)16-29(37)35-27(19-46-20-45(41,42)43)32(40)36-15-5-4-8-28(36)31(39)34-18-26(30(33)38)24-12-11-22-6-2-3-7-23(22)17-24/h2-3,6-7,9-14,17,26-28H,4-5,8,15-16,18-20H2,1H3,(H2,33,38)(H,34,39)(H,35,37)(H2,41,42,43). The molecule has 0 bridgehead atoms. The van der Waals surface area contributed by atoms with E-state index in [0.29, 0.717) is 36.1 Å². The first-order valence-electron chi connectivity index (χ1n) is 14.9. The Morgan fingerprint density at radius 1 is 1.04 bits per heavy atom. The van der Waals surface area contributed by atoms with Gasteiger partial charge in [0.2, 0.25) is 23.6 Å². The SMILES string of the molecule is COc1ccc(CC(=O)NC(CSCP(=O)(O)O)C(=O)N2CCCCC2C(=O)NCC(C(N)=O)c2ccc3ccccc3c2)cc1. The van der Waals surface area contributed by atoms with Crippen LogP contribution in [0.2, 0.25) is 0 Å². The van der Waals surface area contributed by atoms with Crippen LogP contribution in [0.25, 0.3) is 10.8 Å². The number of benzene rings is 3. The second-order valence-corrected chi connectivity index (χ2v) is 14.3. The molecular formula is C32H39N4O8PS. The van der Waals surface area contributed by atoms with Gasteiger partial charge < -0.3 is 35.8 Å². The van der Waals surface area contributed by atoms with Crippen LogP contribution < -0.4 is 21.1 Å². The molecule has 0 aromatic heterocycles. The summed E-state index contributed by atoms with van der Waals surface area (Å²) in [6.07, 6.45) is 1.66. The number of thioether (sulfide) groups is 1. The lowest BCUT2D eigenvalue weighted by atomic mass is 9.95. The van der Waals surface area contributed by atoms with Crippen molar-refractivity contribution in [3.8, 4) is 5.75 Å². The number of fused-ring (bicyclic) bond motifs is 1. The number of nitrogens with two attached hydrogens (primary N) is 1. The summed E-state index contributed by atoms with van der Waals surface area (Å²) in [6, 6.07) is 18.1. The number of amides is 4. The van der Waals surface area contributed by atoms with Gasteiger partial charge in [-0.25, -0.2) is 0 Å². The van der Waals surface area contributed by atoms with Gasteiger partial charge in [-0.2, -0.15) is 0 Å². The minimum atomic E-state index is -4.36. The molecule has 246 valence electrons. The Hall–Kier alpha value is -3.90. The molecule has 14 heteroatoms. The summed E-state index contributed by atoms with van der Waals surface area (Å²) in [5.74, 6) is -2.31. The van der Waals surface area contributed by atoms with Crippen LogP contribution in [0.1, 0.15) is 36.3 Å². The third kappa shape index (κ3) is 9.80. The van der Waals surface area contributed by atoms with Gasteiger partial charge in [0.1, 0.15) is 17.8 Å². The quantitative estimate of drug-likeness (QED) is 0.161. The Morgan fingerprint density at radius 2 is 1.76 bits per heavy atom. The second kappa shape index (κ2) is 16.1. The number of carbonyl (C=O) groups is 4. The van der Waals surface area contributed by atoms with Gasteiger partial charge >= 0.3 is 7.60 Å². The van der Waals surface area contributed by atoms with Gasteiger partial charge in [0.05, 0.1) is 24.9 Å². The van der Waals surface area contributed by atoms with E-state index in [1.165, 1.54) is 12.0 Å². The minimum Gasteiger partial charge on any atom is -0.497 e. The molecule has 1 aliphatic rings. The van der Waals surface area contributed by atoms with Crippen LogP contribution in [-0.4, -0.2) is 81.8 Å². The van der Waals surface area contributed by atoms with Crippen LogP contribution in [-0.2, 0) is 30.2 Å². The summed E-state index contributed by atoms with van der Waals surface area (Å²) in [7, 11) is -2.83. The van der Waals surface area contributed by atoms with Crippen molar-refractivity contribution in [3.63, 3.8) is 0 Å². The van der Waals surface area contributed by atoms with Gasteiger partial charge in [0.15, 0.2) is 0 Å². The molecule has 1 fully saturated rings. The molecule has 1 saturated heterocycles.